The normalized spacial score (nSPS) is 13.7. The monoisotopic (exact) mass is 325 g/mol. The van der Waals surface area contributed by atoms with Gasteiger partial charge in [0.05, 0.1) is 5.69 Å². The standard InChI is InChI=1S/C12H12BrN3OS/c1-2-14-11-7-5-18-6-8(7)15-12(16-11)9-3-4-10(13)17-9/h3-4H,2,5-6H2,1H3,(H,14,15,16). The third-order valence-electron chi connectivity index (χ3n) is 2.72. The van der Waals surface area contributed by atoms with Gasteiger partial charge in [0.2, 0.25) is 0 Å². The highest BCUT2D eigenvalue weighted by molar-refractivity contribution is 9.10. The first-order valence-corrected chi connectivity index (χ1v) is 7.70. The maximum atomic E-state index is 5.52. The third-order valence-corrected chi connectivity index (χ3v) is 4.11. The highest BCUT2D eigenvalue weighted by Gasteiger charge is 2.20. The second kappa shape index (κ2) is 4.93. The Bertz CT molecular complexity index is 585. The Kier molecular flexibility index (Phi) is 3.30. The summed E-state index contributed by atoms with van der Waals surface area (Å²) in [4.78, 5) is 9.16. The maximum Gasteiger partial charge on any atom is 0.197 e. The topological polar surface area (TPSA) is 51.0 Å². The quantitative estimate of drug-likeness (QED) is 0.932. The minimum absolute atomic E-state index is 0.651. The first-order chi connectivity index (χ1) is 8.78. The van der Waals surface area contributed by atoms with Gasteiger partial charge in [-0.1, -0.05) is 0 Å². The van der Waals surface area contributed by atoms with E-state index < -0.39 is 0 Å². The molecule has 1 N–H and O–H groups in total. The van der Waals surface area contributed by atoms with Crippen molar-refractivity contribution in [2.45, 2.75) is 18.4 Å². The van der Waals surface area contributed by atoms with Gasteiger partial charge in [0.1, 0.15) is 5.82 Å². The molecule has 0 bridgehead atoms. The third kappa shape index (κ3) is 2.14. The van der Waals surface area contributed by atoms with Crippen LogP contribution in [0, 0.1) is 0 Å². The number of rotatable bonds is 3. The summed E-state index contributed by atoms with van der Waals surface area (Å²) in [5, 5.41) is 3.31. The van der Waals surface area contributed by atoms with Crippen LogP contribution in [0.1, 0.15) is 18.2 Å². The van der Waals surface area contributed by atoms with E-state index in [1.807, 2.05) is 23.9 Å². The summed E-state index contributed by atoms with van der Waals surface area (Å²) in [5.74, 6) is 4.22. The van der Waals surface area contributed by atoms with Crippen LogP contribution in [0.15, 0.2) is 21.2 Å². The van der Waals surface area contributed by atoms with Gasteiger partial charge < -0.3 is 9.73 Å². The number of nitrogens with zero attached hydrogens (tertiary/aromatic N) is 2. The zero-order valence-electron chi connectivity index (χ0n) is 9.86. The van der Waals surface area contributed by atoms with Crippen LogP contribution in [0.4, 0.5) is 5.82 Å². The smallest absolute Gasteiger partial charge is 0.197 e. The van der Waals surface area contributed by atoms with Crippen LogP contribution in [-0.4, -0.2) is 16.5 Å². The molecule has 3 heterocycles. The minimum Gasteiger partial charge on any atom is -0.446 e. The maximum absolute atomic E-state index is 5.52. The summed E-state index contributed by atoms with van der Waals surface area (Å²) in [7, 11) is 0. The Hall–Kier alpha value is -1.01. The molecule has 94 valence electrons. The molecule has 0 amide bonds. The summed E-state index contributed by atoms with van der Waals surface area (Å²) in [6.45, 7) is 2.93. The molecule has 1 aliphatic rings. The highest BCUT2D eigenvalue weighted by Crippen LogP contribution is 2.34. The molecule has 0 atom stereocenters. The molecule has 0 unspecified atom stereocenters. The Balaban J connectivity index is 2.08. The first kappa shape index (κ1) is 12.0. The lowest BCUT2D eigenvalue weighted by atomic mass is 10.2. The van der Waals surface area contributed by atoms with Crippen LogP contribution < -0.4 is 5.32 Å². The molecule has 0 radical (unpaired) electrons. The van der Waals surface area contributed by atoms with Crippen LogP contribution in [-0.2, 0) is 11.5 Å². The van der Waals surface area contributed by atoms with Gasteiger partial charge in [-0.05, 0) is 35.0 Å². The van der Waals surface area contributed by atoms with Gasteiger partial charge in [0.25, 0.3) is 0 Å². The molecule has 18 heavy (non-hydrogen) atoms. The predicted octanol–water partition coefficient (Wildman–Crippen LogP) is 3.68. The number of thioether (sulfide) groups is 1. The van der Waals surface area contributed by atoms with Gasteiger partial charge in [-0.25, -0.2) is 9.97 Å². The van der Waals surface area contributed by atoms with Gasteiger partial charge in [0.15, 0.2) is 16.3 Å². The van der Waals surface area contributed by atoms with Gasteiger partial charge in [-0.2, -0.15) is 11.8 Å². The average molecular weight is 326 g/mol. The number of aromatic nitrogens is 2. The van der Waals surface area contributed by atoms with Crippen molar-refractivity contribution in [1.29, 1.82) is 0 Å². The van der Waals surface area contributed by atoms with E-state index in [-0.39, 0.29) is 0 Å². The van der Waals surface area contributed by atoms with E-state index in [1.165, 1.54) is 5.56 Å². The van der Waals surface area contributed by atoms with E-state index in [1.54, 1.807) is 0 Å². The van der Waals surface area contributed by atoms with E-state index in [4.69, 9.17) is 4.42 Å². The number of hydrogen-bond donors (Lipinski definition) is 1. The molecule has 2 aromatic heterocycles. The molecule has 0 fully saturated rings. The van der Waals surface area contributed by atoms with Crippen molar-refractivity contribution in [3.05, 3.63) is 28.1 Å². The number of furan rings is 1. The molecule has 0 aromatic carbocycles. The van der Waals surface area contributed by atoms with Crippen LogP contribution in [0.2, 0.25) is 0 Å². The zero-order chi connectivity index (χ0) is 12.5. The average Bonchev–Trinajstić information content (AvgIpc) is 2.97. The van der Waals surface area contributed by atoms with E-state index in [2.05, 4.69) is 38.1 Å². The van der Waals surface area contributed by atoms with Gasteiger partial charge >= 0.3 is 0 Å². The number of halogens is 1. The highest BCUT2D eigenvalue weighted by atomic mass is 79.9. The van der Waals surface area contributed by atoms with Crippen molar-refractivity contribution < 1.29 is 4.42 Å². The molecule has 0 spiro atoms. The van der Waals surface area contributed by atoms with Crippen LogP contribution in [0.25, 0.3) is 11.6 Å². The number of fused-ring (bicyclic) bond motifs is 1. The fourth-order valence-corrected chi connectivity index (χ4v) is 3.26. The Morgan fingerprint density at radius 3 is 3.00 bits per heavy atom. The van der Waals surface area contributed by atoms with Crippen molar-refractivity contribution in [2.75, 3.05) is 11.9 Å². The zero-order valence-corrected chi connectivity index (χ0v) is 12.3. The van der Waals surface area contributed by atoms with Crippen LogP contribution in [0.5, 0.6) is 0 Å². The minimum atomic E-state index is 0.651. The lowest BCUT2D eigenvalue weighted by molar-refractivity contribution is 0.551. The molecule has 0 aliphatic carbocycles. The number of nitrogens with one attached hydrogen (secondary N) is 1. The van der Waals surface area contributed by atoms with Crippen molar-refractivity contribution in [2.24, 2.45) is 0 Å². The van der Waals surface area contributed by atoms with Crippen molar-refractivity contribution in [1.82, 2.24) is 9.97 Å². The molecule has 6 heteroatoms. The second-order valence-corrected chi connectivity index (χ2v) is 5.72. The van der Waals surface area contributed by atoms with Gasteiger partial charge in [-0.3, -0.25) is 0 Å². The van der Waals surface area contributed by atoms with Crippen LogP contribution in [0.3, 0.4) is 0 Å². The fraction of sp³-hybridized carbons (Fsp3) is 0.333. The lowest BCUT2D eigenvalue weighted by Crippen LogP contribution is -2.06. The van der Waals surface area contributed by atoms with Gasteiger partial charge in [0, 0.05) is 23.6 Å². The summed E-state index contributed by atoms with van der Waals surface area (Å²) in [6.07, 6.45) is 0. The van der Waals surface area contributed by atoms with E-state index >= 15 is 0 Å². The largest absolute Gasteiger partial charge is 0.446 e. The molecular formula is C12H12BrN3OS. The molecule has 4 nitrogen and oxygen atoms in total. The molecule has 2 aromatic rings. The summed E-state index contributed by atoms with van der Waals surface area (Å²) in [6, 6.07) is 3.73. The lowest BCUT2D eigenvalue weighted by Gasteiger charge is -2.09. The van der Waals surface area contributed by atoms with E-state index in [9.17, 15) is 0 Å². The molecule has 0 saturated heterocycles. The van der Waals surface area contributed by atoms with Crippen molar-refractivity contribution in [3.63, 3.8) is 0 Å². The summed E-state index contributed by atoms with van der Waals surface area (Å²) in [5.41, 5.74) is 2.35. The van der Waals surface area contributed by atoms with E-state index in [0.717, 1.165) is 29.6 Å². The van der Waals surface area contributed by atoms with Gasteiger partial charge in [-0.15, -0.1) is 0 Å². The molecule has 0 saturated carbocycles. The van der Waals surface area contributed by atoms with Crippen molar-refractivity contribution >= 4 is 33.5 Å². The summed E-state index contributed by atoms with van der Waals surface area (Å²) < 4.78 is 6.21. The Labute approximate surface area is 118 Å². The fourth-order valence-electron chi connectivity index (χ4n) is 1.91. The summed E-state index contributed by atoms with van der Waals surface area (Å²) >= 11 is 5.17. The first-order valence-electron chi connectivity index (χ1n) is 5.75. The number of anilines is 1. The Morgan fingerprint density at radius 2 is 2.28 bits per heavy atom. The molecular weight excluding hydrogens is 314 g/mol. The number of hydrogen-bond acceptors (Lipinski definition) is 5. The van der Waals surface area contributed by atoms with Crippen molar-refractivity contribution in [3.8, 4) is 11.6 Å². The molecule has 1 aliphatic heterocycles. The predicted molar refractivity (Wildman–Crippen MR) is 76.6 cm³/mol. The second-order valence-electron chi connectivity index (χ2n) is 3.95. The van der Waals surface area contributed by atoms with Crippen LogP contribution >= 0.6 is 27.7 Å². The van der Waals surface area contributed by atoms with E-state index in [0.29, 0.717) is 16.3 Å². The SMILES string of the molecule is CCNc1nc(-c2ccc(Br)o2)nc2c1CSC2. The molecule has 3 rings (SSSR count). The Morgan fingerprint density at radius 1 is 1.39 bits per heavy atom.